The first-order chi connectivity index (χ1) is 14.0. The average molecular weight is 387 g/mol. The first-order valence-electron chi connectivity index (χ1n) is 9.96. The van der Waals surface area contributed by atoms with Crippen molar-refractivity contribution in [3.05, 3.63) is 71.4 Å². The number of aromatic amines is 1. The number of hydrogen-bond donors (Lipinski definition) is 3. The van der Waals surface area contributed by atoms with Gasteiger partial charge in [-0.2, -0.15) is 0 Å². The van der Waals surface area contributed by atoms with E-state index in [4.69, 9.17) is 5.73 Å². The van der Waals surface area contributed by atoms with Gasteiger partial charge in [-0.15, -0.1) is 0 Å². The van der Waals surface area contributed by atoms with E-state index in [0.717, 1.165) is 39.7 Å². The lowest BCUT2D eigenvalue weighted by molar-refractivity contribution is -0.114. The Morgan fingerprint density at radius 2 is 2.00 bits per heavy atom. The summed E-state index contributed by atoms with van der Waals surface area (Å²) in [5, 5.41) is 4.31. The molecule has 0 radical (unpaired) electrons. The van der Waals surface area contributed by atoms with Gasteiger partial charge in [0.25, 0.3) is 5.91 Å². The van der Waals surface area contributed by atoms with Crippen LogP contribution in [0.3, 0.4) is 0 Å². The summed E-state index contributed by atoms with van der Waals surface area (Å²) in [6.07, 6.45) is 8.24. The Balaban J connectivity index is 1.59. The van der Waals surface area contributed by atoms with E-state index in [1.807, 2.05) is 49.5 Å². The maximum absolute atomic E-state index is 12.4. The largest absolute Gasteiger partial charge is 0.366 e. The van der Waals surface area contributed by atoms with Gasteiger partial charge >= 0.3 is 0 Å². The molecule has 1 fully saturated rings. The second kappa shape index (κ2) is 8.05. The van der Waals surface area contributed by atoms with Gasteiger partial charge in [0.05, 0.1) is 11.1 Å². The standard InChI is InChI=1S/C24H25N3O2/c1-15-16(14-18(28)5-3-12-26-17-7-8-17)4-2-6-19(15)20-9-10-22(24(25)29)23-21(20)11-13-27-23/h2-6,9-11,13,17,26-27H,7-8,12,14H2,1H3,(H2,25,29)/b5-3+. The van der Waals surface area contributed by atoms with Crippen LogP contribution in [0.5, 0.6) is 0 Å². The highest BCUT2D eigenvalue weighted by molar-refractivity contribution is 6.09. The molecule has 5 heteroatoms. The highest BCUT2D eigenvalue weighted by Gasteiger charge is 2.19. The summed E-state index contributed by atoms with van der Waals surface area (Å²) in [7, 11) is 0. The smallest absolute Gasteiger partial charge is 0.250 e. The van der Waals surface area contributed by atoms with Crippen molar-refractivity contribution in [2.24, 2.45) is 5.73 Å². The molecule has 0 bridgehead atoms. The van der Waals surface area contributed by atoms with Crippen LogP contribution < -0.4 is 11.1 Å². The van der Waals surface area contributed by atoms with Gasteiger partial charge in [0.2, 0.25) is 0 Å². The fraction of sp³-hybridized carbons (Fsp3) is 0.250. The van der Waals surface area contributed by atoms with Crippen LogP contribution in [-0.4, -0.2) is 29.3 Å². The molecule has 0 aliphatic heterocycles. The SMILES string of the molecule is Cc1c(CC(=O)/C=C/CNC2CC2)cccc1-c1ccc(C(N)=O)c2[nH]ccc12. The van der Waals surface area contributed by atoms with Gasteiger partial charge in [0.1, 0.15) is 0 Å². The highest BCUT2D eigenvalue weighted by atomic mass is 16.1. The zero-order valence-electron chi connectivity index (χ0n) is 16.5. The Morgan fingerprint density at radius 1 is 1.17 bits per heavy atom. The van der Waals surface area contributed by atoms with Crippen molar-refractivity contribution in [2.75, 3.05) is 6.54 Å². The molecule has 1 saturated carbocycles. The quantitative estimate of drug-likeness (QED) is 0.516. The molecule has 29 heavy (non-hydrogen) atoms. The van der Waals surface area contributed by atoms with Crippen molar-refractivity contribution >= 4 is 22.6 Å². The molecule has 0 atom stereocenters. The van der Waals surface area contributed by atoms with Gasteiger partial charge in [-0.25, -0.2) is 0 Å². The van der Waals surface area contributed by atoms with E-state index in [1.165, 1.54) is 12.8 Å². The Kier molecular flexibility index (Phi) is 5.32. The van der Waals surface area contributed by atoms with Crippen LogP contribution in [0.25, 0.3) is 22.0 Å². The van der Waals surface area contributed by atoms with E-state index in [2.05, 4.69) is 10.3 Å². The van der Waals surface area contributed by atoms with Crippen LogP contribution in [0.4, 0.5) is 0 Å². The number of fused-ring (bicyclic) bond motifs is 1. The number of benzene rings is 2. The normalized spacial score (nSPS) is 14.0. The van der Waals surface area contributed by atoms with Gasteiger partial charge in [0, 0.05) is 30.6 Å². The molecule has 3 aromatic rings. The number of aromatic nitrogens is 1. The molecule has 1 aromatic heterocycles. The second-order valence-electron chi connectivity index (χ2n) is 7.61. The number of nitrogens with one attached hydrogen (secondary N) is 2. The topological polar surface area (TPSA) is 88.0 Å². The zero-order valence-corrected chi connectivity index (χ0v) is 16.5. The highest BCUT2D eigenvalue weighted by Crippen LogP contribution is 2.33. The van der Waals surface area contributed by atoms with Gasteiger partial charge in [-0.05, 0) is 60.2 Å². The van der Waals surface area contributed by atoms with Gasteiger partial charge < -0.3 is 16.0 Å². The lowest BCUT2D eigenvalue weighted by Crippen LogP contribution is -2.15. The number of carbonyl (C=O) groups is 2. The number of H-pyrrole nitrogens is 1. The Morgan fingerprint density at radius 3 is 2.76 bits per heavy atom. The van der Waals surface area contributed by atoms with Crippen LogP contribution in [0.1, 0.15) is 34.3 Å². The van der Waals surface area contributed by atoms with Crippen molar-refractivity contribution in [1.82, 2.24) is 10.3 Å². The lowest BCUT2D eigenvalue weighted by Gasteiger charge is -2.13. The Bertz CT molecular complexity index is 1110. The maximum atomic E-state index is 12.4. The molecule has 0 spiro atoms. The minimum Gasteiger partial charge on any atom is -0.366 e. The fourth-order valence-corrected chi connectivity index (χ4v) is 3.72. The van der Waals surface area contributed by atoms with Crippen molar-refractivity contribution in [2.45, 2.75) is 32.2 Å². The van der Waals surface area contributed by atoms with E-state index in [-0.39, 0.29) is 5.78 Å². The average Bonchev–Trinajstić information content (AvgIpc) is 3.39. The van der Waals surface area contributed by atoms with Crippen LogP contribution in [-0.2, 0) is 11.2 Å². The van der Waals surface area contributed by atoms with Gasteiger partial charge in [0.15, 0.2) is 5.78 Å². The van der Waals surface area contributed by atoms with Crippen LogP contribution in [0.2, 0.25) is 0 Å². The minimum atomic E-state index is -0.456. The van der Waals surface area contributed by atoms with Gasteiger partial charge in [-0.1, -0.05) is 30.3 Å². The van der Waals surface area contributed by atoms with Crippen molar-refractivity contribution < 1.29 is 9.59 Å². The number of carbonyl (C=O) groups excluding carboxylic acids is 2. The number of nitrogens with two attached hydrogens (primary N) is 1. The summed E-state index contributed by atoms with van der Waals surface area (Å²) in [4.78, 5) is 27.2. The molecular weight excluding hydrogens is 362 g/mol. The molecule has 2 aromatic carbocycles. The van der Waals surface area contributed by atoms with E-state index in [9.17, 15) is 9.59 Å². The van der Waals surface area contributed by atoms with E-state index < -0.39 is 5.91 Å². The van der Waals surface area contributed by atoms with E-state index in [0.29, 0.717) is 18.0 Å². The molecule has 4 rings (SSSR count). The summed E-state index contributed by atoms with van der Waals surface area (Å²) < 4.78 is 0. The summed E-state index contributed by atoms with van der Waals surface area (Å²) in [6.45, 7) is 2.78. The third-order valence-corrected chi connectivity index (χ3v) is 5.49. The minimum absolute atomic E-state index is 0.0960. The molecule has 1 heterocycles. The predicted molar refractivity (Wildman–Crippen MR) is 116 cm³/mol. The molecule has 1 aliphatic carbocycles. The van der Waals surface area contributed by atoms with Gasteiger partial charge in [-0.3, -0.25) is 9.59 Å². The maximum Gasteiger partial charge on any atom is 0.250 e. The monoisotopic (exact) mass is 387 g/mol. The summed E-state index contributed by atoms with van der Waals surface area (Å²) in [6, 6.07) is 12.3. The van der Waals surface area contributed by atoms with Crippen molar-refractivity contribution in [3.63, 3.8) is 0 Å². The second-order valence-corrected chi connectivity index (χ2v) is 7.61. The molecule has 4 N–H and O–H groups in total. The number of ketones is 1. The zero-order chi connectivity index (χ0) is 20.4. The van der Waals surface area contributed by atoms with E-state index >= 15 is 0 Å². The van der Waals surface area contributed by atoms with Crippen LogP contribution >= 0.6 is 0 Å². The molecule has 148 valence electrons. The lowest BCUT2D eigenvalue weighted by atomic mass is 9.91. The number of allylic oxidation sites excluding steroid dienone is 1. The first-order valence-corrected chi connectivity index (χ1v) is 9.96. The number of hydrogen-bond acceptors (Lipinski definition) is 3. The molecule has 0 saturated heterocycles. The Hall–Kier alpha value is -3.18. The fourth-order valence-electron chi connectivity index (χ4n) is 3.72. The first kappa shape index (κ1) is 19.2. The molecular formula is C24H25N3O2. The van der Waals surface area contributed by atoms with E-state index in [1.54, 1.807) is 12.1 Å². The van der Waals surface area contributed by atoms with Crippen molar-refractivity contribution in [3.8, 4) is 11.1 Å². The summed E-state index contributed by atoms with van der Waals surface area (Å²) in [5.74, 6) is -0.359. The van der Waals surface area contributed by atoms with Crippen LogP contribution in [0.15, 0.2) is 54.7 Å². The molecule has 1 amide bonds. The molecule has 5 nitrogen and oxygen atoms in total. The third-order valence-electron chi connectivity index (χ3n) is 5.49. The number of amides is 1. The molecule has 1 aliphatic rings. The molecule has 0 unspecified atom stereocenters. The number of rotatable bonds is 8. The predicted octanol–water partition coefficient (Wildman–Crippen LogP) is 3.66. The number of primary amides is 1. The Labute approximate surface area is 170 Å². The summed E-state index contributed by atoms with van der Waals surface area (Å²) in [5.41, 5.74) is 10.9. The van der Waals surface area contributed by atoms with Crippen molar-refractivity contribution in [1.29, 1.82) is 0 Å². The third kappa shape index (κ3) is 4.15. The summed E-state index contributed by atoms with van der Waals surface area (Å²) >= 11 is 0. The van der Waals surface area contributed by atoms with Crippen LogP contribution in [0, 0.1) is 6.92 Å².